The van der Waals surface area contributed by atoms with Crippen molar-refractivity contribution < 1.29 is 9.04 Å². The number of piperazine rings is 1. The summed E-state index contributed by atoms with van der Waals surface area (Å²) in [6.07, 6.45) is 0. The SMILES string of the molecule is C[N+]1([O-])CCN(C2=Nc3ccc(F)cc3Nc3sc4ccccc4c32)CC1. The zero-order valence-corrected chi connectivity index (χ0v) is 15.7. The van der Waals surface area contributed by atoms with E-state index in [2.05, 4.69) is 22.3 Å². The molecule has 2 aromatic carbocycles. The average Bonchev–Trinajstić information content (AvgIpc) is 2.91. The van der Waals surface area contributed by atoms with Crippen LogP contribution in [0.1, 0.15) is 5.56 Å². The average molecular weight is 382 g/mol. The van der Waals surface area contributed by atoms with Gasteiger partial charge in [0.1, 0.15) is 16.7 Å². The van der Waals surface area contributed by atoms with Gasteiger partial charge in [0.05, 0.1) is 50.2 Å². The minimum absolute atomic E-state index is 0.221. The predicted octanol–water partition coefficient (Wildman–Crippen LogP) is 4.44. The molecule has 0 aliphatic carbocycles. The number of rotatable bonds is 0. The molecule has 2 aliphatic heterocycles. The van der Waals surface area contributed by atoms with Crippen LogP contribution in [-0.4, -0.2) is 48.6 Å². The molecule has 0 unspecified atom stereocenters. The second-order valence-electron chi connectivity index (χ2n) is 7.26. The van der Waals surface area contributed by atoms with Gasteiger partial charge in [-0.05, 0) is 24.3 Å². The maximum absolute atomic E-state index is 13.8. The van der Waals surface area contributed by atoms with Gasteiger partial charge in [-0.15, -0.1) is 11.3 Å². The van der Waals surface area contributed by atoms with E-state index in [9.17, 15) is 9.60 Å². The van der Waals surface area contributed by atoms with E-state index in [1.54, 1.807) is 24.5 Å². The number of benzene rings is 2. The summed E-state index contributed by atoms with van der Waals surface area (Å²) in [5.74, 6) is 0.569. The van der Waals surface area contributed by atoms with Crippen LogP contribution < -0.4 is 5.32 Å². The van der Waals surface area contributed by atoms with Crippen molar-refractivity contribution in [3.8, 4) is 0 Å². The molecule has 0 amide bonds. The van der Waals surface area contributed by atoms with Gasteiger partial charge >= 0.3 is 0 Å². The lowest BCUT2D eigenvalue weighted by Crippen LogP contribution is -2.55. The zero-order valence-electron chi connectivity index (χ0n) is 14.9. The number of nitrogens with zero attached hydrogens (tertiary/aromatic N) is 3. The number of aliphatic imine (C=N–C) groups is 1. The van der Waals surface area contributed by atoms with Gasteiger partial charge in [0, 0.05) is 10.1 Å². The minimum atomic E-state index is -0.292. The molecule has 0 spiro atoms. The standard InChI is InChI=1S/C20H19FN4OS/c1-25(26)10-8-24(9-11-25)19-18-14-4-2-3-5-17(14)27-20(18)23-16-12-13(21)6-7-15(16)22-19/h2-7,12,23H,8-11H2,1H3. The van der Waals surface area contributed by atoms with Crippen molar-refractivity contribution >= 4 is 43.6 Å². The van der Waals surface area contributed by atoms with E-state index in [1.807, 2.05) is 12.1 Å². The van der Waals surface area contributed by atoms with Crippen LogP contribution in [-0.2, 0) is 0 Å². The van der Waals surface area contributed by atoms with Crippen molar-refractivity contribution in [2.24, 2.45) is 4.99 Å². The third-order valence-electron chi connectivity index (χ3n) is 5.24. The first-order chi connectivity index (χ1) is 13.0. The number of halogens is 1. The lowest BCUT2D eigenvalue weighted by Gasteiger charge is -2.45. The van der Waals surface area contributed by atoms with Crippen LogP contribution in [0.2, 0.25) is 0 Å². The normalized spacial score (nSPS) is 18.3. The number of anilines is 2. The quantitative estimate of drug-likeness (QED) is 0.462. The Morgan fingerprint density at radius 2 is 1.96 bits per heavy atom. The zero-order chi connectivity index (χ0) is 18.6. The molecule has 0 atom stereocenters. The van der Waals surface area contributed by atoms with Crippen molar-refractivity contribution in [2.75, 3.05) is 38.5 Å². The van der Waals surface area contributed by atoms with Crippen LogP contribution in [0.15, 0.2) is 47.5 Å². The molecule has 5 nitrogen and oxygen atoms in total. The van der Waals surface area contributed by atoms with E-state index in [1.165, 1.54) is 12.1 Å². The van der Waals surface area contributed by atoms with Crippen LogP contribution in [0.25, 0.3) is 10.1 Å². The summed E-state index contributed by atoms with van der Waals surface area (Å²) in [5, 5.41) is 17.8. The maximum Gasteiger partial charge on any atom is 0.140 e. The Bertz CT molecular complexity index is 1070. The molecule has 0 bridgehead atoms. The van der Waals surface area contributed by atoms with Gasteiger partial charge in [-0.25, -0.2) is 9.38 Å². The highest BCUT2D eigenvalue weighted by Gasteiger charge is 2.30. The molecule has 138 valence electrons. The lowest BCUT2D eigenvalue weighted by molar-refractivity contribution is -0.864. The van der Waals surface area contributed by atoms with Crippen LogP contribution in [0.5, 0.6) is 0 Å². The summed E-state index contributed by atoms with van der Waals surface area (Å²) in [7, 11) is 1.72. The Hall–Kier alpha value is -2.48. The molecule has 0 radical (unpaired) electrons. The summed E-state index contributed by atoms with van der Waals surface area (Å²) in [5.41, 5.74) is 2.41. The molecule has 27 heavy (non-hydrogen) atoms. The number of fused-ring (bicyclic) bond motifs is 4. The second-order valence-corrected chi connectivity index (χ2v) is 8.31. The molecule has 1 fully saturated rings. The fraction of sp³-hybridized carbons (Fsp3) is 0.250. The van der Waals surface area contributed by atoms with Crippen LogP contribution in [0.3, 0.4) is 0 Å². The van der Waals surface area contributed by atoms with Gasteiger partial charge < -0.3 is 20.1 Å². The molecule has 3 heterocycles. The summed E-state index contributed by atoms with van der Waals surface area (Å²) in [4.78, 5) is 7.12. The Kier molecular flexibility index (Phi) is 3.72. The van der Waals surface area contributed by atoms with Crippen LogP contribution in [0, 0.1) is 11.0 Å². The highest BCUT2D eigenvalue weighted by atomic mass is 32.1. The van der Waals surface area contributed by atoms with Gasteiger partial charge in [0.15, 0.2) is 0 Å². The molecule has 3 aromatic rings. The van der Waals surface area contributed by atoms with Gasteiger partial charge in [-0.2, -0.15) is 0 Å². The fourth-order valence-electron chi connectivity index (χ4n) is 3.68. The first-order valence-electron chi connectivity index (χ1n) is 8.98. The molecule has 7 heteroatoms. The molecule has 1 aromatic heterocycles. The van der Waals surface area contributed by atoms with Crippen molar-refractivity contribution in [3.63, 3.8) is 0 Å². The number of hydroxylamine groups is 3. The van der Waals surface area contributed by atoms with Crippen LogP contribution in [0.4, 0.5) is 20.8 Å². The van der Waals surface area contributed by atoms with E-state index in [0.29, 0.717) is 37.6 Å². The van der Waals surface area contributed by atoms with Gasteiger partial charge in [-0.3, -0.25) is 0 Å². The third kappa shape index (κ3) is 2.88. The first kappa shape index (κ1) is 16.7. The summed E-state index contributed by atoms with van der Waals surface area (Å²) in [6, 6.07) is 12.8. The molecular weight excluding hydrogens is 363 g/mol. The second kappa shape index (κ2) is 6.02. The molecule has 1 saturated heterocycles. The van der Waals surface area contributed by atoms with Crippen molar-refractivity contribution in [1.82, 2.24) is 4.90 Å². The minimum Gasteiger partial charge on any atom is -0.633 e. The van der Waals surface area contributed by atoms with Crippen molar-refractivity contribution in [1.29, 1.82) is 0 Å². The lowest BCUT2D eigenvalue weighted by atomic mass is 10.1. The smallest absolute Gasteiger partial charge is 0.140 e. The first-order valence-corrected chi connectivity index (χ1v) is 9.79. The highest BCUT2D eigenvalue weighted by Crippen LogP contribution is 2.43. The molecule has 1 N–H and O–H groups in total. The Labute approximate surface area is 160 Å². The van der Waals surface area contributed by atoms with Gasteiger partial charge in [0.25, 0.3) is 0 Å². The molecule has 0 saturated carbocycles. The Balaban J connectivity index is 1.70. The monoisotopic (exact) mass is 382 g/mol. The third-order valence-corrected chi connectivity index (χ3v) is 6.32. The summed E-state index contributed by atoms with van der Waals surface area (Å²) >= 11 is 1.64. The summed E-state index contributed by atoms with van der Waals surface area (Å²) < 4.78 is 14.7. The van der Waals surface area contributed by atoms with E-state index in [0.717, 1.165) is 26.5 Å². The van der Waals surface area contributed by atoms with Gasteiger partial charge in [-0.1, -0.05) is 18.2 Å². The number of likely N-dealkylation sites (N-methyl/N-ethyl adjacent to an activating group) is 1. The van der Waals surface area contributed by atoms with Crippen molar-refractivity contribution in [2.45, 2.75) is 0 Å². The maximum atomic E-state index is 13.8. The number of nitrogens with one attached hydrogen (secondary N) is 1. The largest absolute Gasteiger partial charge is 0.633 e. The molecule has 2 aliphatic rings. The van der Waals surface area contributed by atoms with E-state index in [4.69, 9.17) is 4.99 Å². The Morgan fingerprint density at radius 3 is 2.78 bits per heavy atom. The van der Waals surface area contributed by atoms with E-state index < -0.39 is 0 Å². The van der Waals surface area contributed by atoms with Gasteiger partial charge in [0.2, 0.25) is 0 Å². The number of quaternary nitrogens is 1. The predicted molar refractivity (Wildman–Crippen MR) is 109 cm³/mol. The molecular formula is C20H19FN4OS. The highest BCUT2D eigenvalue weighted by molar-refractivity contribution is 7.23. The summed E-state index contributed by atoms with van der Waals surface area (Å²) in [6.45, 7) is 2.36. The van der Waals surface area contributed by atoms with Crippen LogP contribution >= 0.6 is 11.3 Å². The fourth-order valence-corrected chi connectivity index (χ4v) is 4.79. The molecule has 5 rings (SSSR count). The van der Waals surface area contributed by atoms with E-state index in [-0.39, 0.29) is 10.5 Å². The Morgan fingerprint density at radius 1 is 1.19 bits per heavy atom. The number of hydrogen-bond donors (Lipinski definition) is 1. The number of amidine groups is 1. The number of thiophene rings is 1. The number of hydrogen-bond acceptors (Lipinski definition) is 5. The van der Waals surface area contributed by atoms with E-state index >= 15 is 0 Å². The van der Waals surface area contributed by atoms with Crippen molar-refractivity contribution in [3.05, 3.63) is 59.1 Å². The topological polar surface area (TPSA) is 50.7 Å².